The fraction of sp³-hybridized carbons (Fsp3) is 0.425. The molecule has 0 bridgehead atoms. The van der Waals surface area contributed by atoms with E-state index in [1.54, 1.807) is 0 Å². The average molecular weight is 796 g/mol. The predicted molar refractivity (Wildman–Crippen MR) is 186 cm³/mol. The first-order chi connectivity index (χ1) is 21.5. The first kappa shape index (κ1) is 35.5. The summed E-state index contributed by atoms with van der Waals surface area (Å²) in [5, 5.41) is 12.1. The summed E-state index contributed by atoms with van der Waals surface area (Å²) in [6.45, 7) is 17.1. The molecule has 0 spiro atoms. The standard InChI is InChI=1S/C27H23N2O.C13H24O2.Ir/c1-15(2)14-16-12-13-18-23-22-17(8-7-11-21(22)30-25(16)23)24-26(27(18,3)4)29-20-10-6-5-9-19(20)28-24;1-5-10(6-2)12(14)9-13(15)11(7-3)8-4;/h5-7,9-13,15H,14H2,1-4H3;9-11,14H,5-8H2,1-4H3;/q-1;;/b;12-9-;. The van der Waals surface area contributed by atoms with Crippen LogP contribution in [0.15, 0.2) is 64.8 Å². The van der Waals surface area contributed by atoms with Crippen LogP contribution in [0.3, 0.4) is 0 Å². The number of benzene rings is 3. The minimum Gasteiger partial charge on any atom is -0.512 e. The number of aliphatic hydroxyl groups excluding tert-OH is 1. The molecule has 2 aromatic heterocycles. The fourth-order valence-electron chi connectivity index (χ4n) is 6.74. The predicted octanol–water partition coefficient (Wildman–Crippen LogP) is 10.7. The summed E-state index contributed by atoms with van der Waals surface area (Å²) in [6.07, 6.45) is 5.90. The molecular formula is C40H47IrN2O3-. The number of rotatable bonds is 9. The summed E-state index contributed by atoms with van der Waals surface area (Å²) in [6, 6.07) is 20.1. The van der Waals surface area contributed by atoms with E-state index in [9.17, 15) is 9.90 Å². The number of para-hydroxylation sites is 2. The molecule has 6 heteroatoms. The Balaban J connectivity index is 0.000000259. The zero-order valence-electron chi connectivity index (χ0n) is 28.5. The number of nitrogens with zero attached hydrogens (tertiary/aromatic N) is 2. The Morgan fingerprint density at radius 2 is 1.54 bits per heavy atom. The third-order valence-electron chi connectivity index (χ3n) is 9.44. The van der Waals surface area contributed by atoms with Gasteiger partial charge in [-0.25, -0.2) is 0 Å². The molecule has 1 aliphatic rings. The third kappa shape index (κ3) is 6.57. The second kappa shape index (κ2) is 14.6. The van der Waals surface area contributed by atoms with Crippen molar-refractivity contribution in [2.45, 2.75) is 92.9 Å². The van der Waals surface area contributed by atoms with Crippen molar-refractivity contribution < 1.29 is 34.4 Å². The first-order valence-corrected chi connectivity index (χ1v) is 16.7. The SMILES string of the molecule is CC(C)Cc1ccc2c3c1oc1cc[c-]c(c13)-c1nc3ccccc3nc1C2(C)C.CCC(CC)C(=O)/C=C(\O)C(CC)CC.[Ir]. The smallest absolute Gasteiger partial charge is 0.162 e. The van der Waals surface area contributed by atoms with Gasteiger partial charge in [0.15, 0.2) is 5.78 Å². The van der Waals surface area contributed by atoms with Crippen LogP contribution in [0.1, 0.15) is 97.9 Å². The Morgan fingerprint density at radius 3 is 2.15 bits per heavy atom. The largest absolute Gasteiger partial charge is 0.512 e. The number of carbonyl (C=O) groups excluding carboxylic acids is 1. The van der Waals surface area contributed by atoms with E-state index in [0.717, 1.165) is 76.6 Å². The number of carbonyl (C=O) groups is 1. The number of furan rings is 1. The normalized spacial score (nSPS) is 13.7. The number of fused-ring (bicyclic) bond motifs is 3. The number of hydrogen-bond donors (Lipinski definition) is 1. The molecule has 46 heavy (non-hydrogen) atoms. The van der Waals surface area contributed by atoms with E-state index in [2.05, 4.69) is 45.9 Å². The number of hydrogen-bond acceptors (Lipinski definition) is 5. The molecule has 0 aliphatic heterocycles. The van der Waals surface area contributed by atoms with Crippen LogP contribution in [0.2, 0.25) is 0 Å². The van der Waals surface area contributed by atoms with Gasteiger partial charge in [0.05, 0.1) is 22.4 Å². The molecule has 0 amide bonds. The van der Waals surface area contributed by atoms with E-state index in [1.807, 2.05) is 64.1 Å². The van der Waals surface area contributed by atoms with E-state index in [0.29, 0.717) is 5.92 Å². The second-order valence-electron chi connectivity index (χ2n) is 13.3. The molecule has 1 radical (unpaired) electrons. The van der Waals surface area contributed by atoms with Gasteiger partial charge in [0, 0.05) is 54.8 Å². The summed E-state index contributed by atoms with van der Waals surface area (Å²) >= 11 is 0. The molecule has 5 aromatic rings. The quantitative estimate of drug-likeness (QED) is 0.0913. The number of aromatic nitrogens is 2. The summed E-state index contributed by atoms with van der Waals surface area (Å²) in [4.78, 5) is 21.9. The zero-order valence-corrected chi connectivity index (χ0v) is 30.9. The number of ketones is 1. The molecule has 1 N–H and O–H groups in total. The van der Waals surface area contributed by atoms with Crippen LogP contribution >= 0.6 is 0 Å². The van der Waals surface area contributed by atoms with Crippen LogP contribution < -0.4 is 0 Å². The van der Waals surface area contributed by atoms with E-state index < -0.39 is 0 Å². The van der Waals surface area contributed by atoms with Gasteiger partial charge in [-0.05, 0) is 66.7 Å². The van der Waals surface area contributed by atoms with Crippen LogP contribution in [-0.2, 0) is 36.7 Å². The van der Waals surface area contributed by atoms with Gasteiger partial charge < -0.3 is 9.52 Å². The molecule has 3 aromatic carbocycles. The Bertz CT molecular complexity index is 1880. The summed E-state index contributed by atoms with van der Waals surface area (Å²) < 4.78 is 6.47. The molecule has 1 aliphatic carbocycles. The maximum absolute atomic E-state index is 11.7. The van der Waals surface area contributed by atoms with Gasteiger partial charge in [-0.2, -0.15) is 0 Å². The molecule has 0 saturated carbocycles. The van der Waals surface area contributed by atoms with Crippen LogP contribution in [0, 0.1) is 23.8 Å². The van der Waals surface area contributed by atoms with Gasteiger partial charge in [-0.1, -0.05) is 91.1 Å². The van der Waals surface area contributed by atoms with Crippen molar-refractivity contribution in [3.8, 4) is 11.3 Å². The Labute approximate surface area is 287 Å². The van der Waals surface area contributed by atoms with Crippen molar-refractivity contribution >= 4 is 38.8 Å². The second-order valence-corrected chi connectivity index (χ2v) is 13.3. The van der Waals surface area contributed by atoms with Crippen LogP contribution in [0.5, 0.6) is 0 Å². The van der Waals surface area contributed by atoms with Crippen LogP contribution in [0.4, 0.5) is 0 Å². The van der Waals surface area contributed by atoms with Gasteiger partial charge in [0.25, 0.3) is 0 Å². The van der Waals surface area contributed by atoms with E-state index in [1.165, 1.54) is 22.6 Å². The Morgan fingerprint density at radius 1 is 0.913 bits per heavy atom. The first-order valence-electron chi connectivity index (χ1n) is 16.7. The monoisotopic (exact) mass is 796 g/mol. The molecular weight excluding hydrogens is 749 g/mol. The molecule has 5 nitrogen and oxygen atoms in total. The van der Waals surface area contributed by atoms with Crippen LogP contribution in [-0.4, -0.2) is 20.9 Å². The summed E-state index contributed by atoms with van der Waals surface area (Å²) in [5.41, 5.74) is 8.83. The number of allylic oxidation sites excluding steroid dienone is 2. The van der Waals surface area contributed by atoms with Crippen molar-refractivity contribution in [3.63, 3.8) is 0 Å². The minimum atomic E-state index is -0.315. The van der Waals surface area contributed by atoms with Crippen molar-refractivity contribution in [2.75, 3.05) is 0 Å². The van der Waals surface area contributed by atoms with E-state index in [4.69, 9.17) is 14.4 Å². The minimum absolute atomic E-state index is 0. The van der Waals surface area contributed by atoms with Crippen molar-refractivity contribution in [1.29, 1.82) is 0 Å². The van der Waals surface area contributed by atoms with E-state index >= 15 is 0 Å². The Kier molecular flexibility index (Phi) is 11.3. The maximum atomic E-state index is 11.7. The molecule has 0 unspecified atom stereocenters. The van der Waals surface area contributed by atoms with E-state index in [-0.39, 0.29) is 48.9 Å². The molecule has 0 atom stereocenters. The summed E-state index contributed by atoms with van der Waals surface area (Å²) in [7, 11) is 0. The van der Waals surface area contributed by atoms with Gasteiger partial charge >= 0.3 is 0 Å². The Hall–Kier alpha value is -3.34. The maximum Gasteiger partial charge on any atom is 0.162 e. The molecule has 245 valence electrons. The van der Waals surface area contributed by atoms with Gasteiger partial charge in [-0.3, -0.25) is 14.8 Å². The fourth-order valence-corrected chi connectivity index (χ4v) is 6.74. The van der Waals surface area contributed by atoms with Gasteiger partial charge in [0.1, 0.15) is 5.58 Å². The number of aliphatic hydroxyl groups is 1. The molecule has 0 fully saturated rings. The van der Waals surface area contributed by atoms with Crippen molar-refractivity contribution in [3.05, 3.63) is 83.3 Å². The third-order valence-corrected chi connectivity index (χ3v) is 9.44. The van der Waals surface area contributed by atoms with Crippen molar-refractivity contribution in [1.82, 2.24) is 9.97 Å². The summed E-state index contributed by atoms with van der Waals surface area (Å²) in [5.74, 6) is 1.10. The molecule has 2 heterocycles. The van der Waals surface area contributed by atoms with Crippen molar-refractivity contribution in [2.24, 2.45) is 17.8 Å². The molecule has 6 rings (SSSR count). The van der Waals surface area contributed by atoms with Gasteiger partial charge in [0.2, 0.25) is 0 Å². The zero-order chi connectivity index (χ0) is 32.5. The average Bonchev–Trinajstić information content (AvgIpc) is 3.39. The van der Waals surface area contributed by atoms with Crippen LogP contribution in [0.25, 0.3) is 44.2 Å². The van der Waals surface area contributed by atoms with Gasteiger partial charge in [-0.15, -0.1) is 17.7 Å². The molecule has 0 saturated heterocycles. The topological polar surface area (TPSA) is 76.2 Å².